The van der Waals surface area contributed by atoms with Gasteiger partial charge in [-0.05, 0) is 62.0 Å². The van der Waals surface area contributed by atoms with Crippen LogP contribution in [0.15, 0.2) is 53.4 Å². The molecule has 1 aliphatic rings. The molecule has 0 bridgehead atoms. The molecule has 0 unspecified atom stereocenters. The molecular formula is C20H25ClN2O2S. The third kappa shape index (κ3) is 5.07. The minimum Gasteiger partial charge on any atom is -0.299 e. The number of hydrogen-bond donors (Lipinski definition) is 1. The van der Waals surface area contributed by atoms with E-state index in [0.29, 0.717) is 17.5 Å². The second-order valence-corrected chi connectivity index (χ2v) is 9.14. The van der Waals surface area contributed by atoms with Crippen molar-refractivity contribution in [2.45, 2.75) is 31.2 Å². The van der Waals surface area contributed by atoms with Crippen molar-refractivity contribution in [2.75, 3.05) is 19.6 Å². The lowest BCUT2D eigenvalue weighted by molar-refractivity contribution is 0.178. The van der Waals surface area contributed by atoms with Gasteiger partial charge in [0.05, 0.1) is 4.90 Å². The van der Waals surface area contributed by atoms with Gasteiger partial charge >= 0.3 is 0 Å². The molecule has 1 fully saturated rings. The summed E-state index contributed by atoms with van der Waals surface area (Å²) < 4.78 is 27.7. The van der Waals surface area contributed by atoms with Crippen LogP contribution in [0.1, 0.15) is 24.0 Å². The molecule has 1 aliphatic heterocycles. The minimum atomic E-state index is -3.51. The number of aryl methyl sites for hydroxylation is 1. The van der Waals surface area contributed by atoms with E-state index < -0.39 is 10.0 Å². The Labute approximate surface area is 161 Å². The molecule has 1 saturated heterocycles. The van der Waals surface area contributed by atoms with Gasteiger partial charge in [0.25, 0.3) is 0 Å². The van der Waals surface area contributed by atoms with Crippen LogP contribution < -0.4 is 4.72 Å². The predicted octanol–water partition coefficient (Wildman–Crippen LogP) is 3.84. The summed E-state index contributed by atoms with van der Waals surface area (Å²) >= 11 is 6.05. The summed E-state index contributed by atoms with van der Waals surface area (Å²) in [6.07, 6.45) is 2.01. The van der Waals surface area contributed by atoms with Crippen LogP contribution >= 0.6 is 11.6 Å². The molecule has 0 amide bonds. The van der Waals surface area contributed by atoms with Crippen molar-refractivity contribution in [1.82, 2.24) is 9.62 Å². The average molecular weight is 393 g/mol. The molecule has 0 saturated carbocycles. The smallest absolute Gasteiger partial charge is 0.240 e. The molecule has 6 heteroatoms. The molecule has 0 aromatic heterocycles. The Hall–Kier alpha value is -1.40. The molecule has 1 heterocycles. The number of benzene rings is 2. The van der Waals surface area contributed by atoms with E-state index in [2.05, 4.69) is 33.9 Å². The zero-order chi connectivity index (χ0) is 18.6. The maximum Gasteiger partial charge on any atom is 0.240 e. The zero-order valence-electron chi connectivity index (χ0n) is 15.0. The van der Waals surface area contributed by atoms with Gasteiger partial charge in [0.2, 0.25) is 10.0 Å². The lowest BCUT2D eigenvalue weighted by Crippen LogP contribution is -2.38. The molecule has 0 radical (unpaired) electrons. The van der Waals surface area contributed by atoms with Gasteiger partial charge in [-0.25, -0.2) is 13.1 Å². The monoisotopic (exact) mass is 392 g/mol. The Morgan fingerprint density at radius 3 is 2.46 bits per heavy atom. The van der Waals surface area contributed by atoms with E-state index in [4.69, 9.17) is 11.6 Å². The van der Waals surface area contributed by atoms with E-state index in [9.17, 15) is 8.42 Å². The van der Waals surface area contributed by atoms with E-state index in [1.807, 2.05) is 13.0 Å². The summed E-state index contributed by atoms with van der Waals surface area (Å²) in [5.74, 6) is 0.373. The van der Waals surface area contributed by atoms with Crippen LogP contribution in [0.2, 0.25) is 5.02 Å². The lowest BCUT2D eigenvalue weighted by atomic mass is 9.97. The number of piperidine rings is 1. The number of hydrogen-bond acceptors (Lipinski definition) is 3. The molecule has 140 valence electrons. The number of halogens is 1. The Morgan fingerprint density at radius 1 is 1.12 bits per heavy atom. The molecule has 3 rings (SSSR count). The molecule has 1 N–H and O–H groups in total. The lowest BCUT2D eigenvalue weighted by Gasteiger charge is -2.32. The van der Waals surface area contributed by atoms with E-state index in [1.54, 1.807) is 12.1 Å². The van der Waals surface area contributed by atoms with Gasteiger partial charge in [-0.2, -0.15) is 0 Å². The number of rotatable bonds is 6. The highest BCUT2D eigenvalue weighted by molar-refractivity contribution is 7.89. The van der Waals surface area contributed by atoms with Crippen LogP contribution in [0.5, 0.6) is 0 Å². The summed E-state index contributed by atoms with van der Waals surface area (Å²) in [5.41, 5.74) is 2.19. The van der Waals surface area contributed by atoms with Crippen LogP contribution in [0.4, 0.5) is 0 Å². The highest BCUT2D eigenvalue weighted by atomic mass is 35.5. The summed E-state index contributed by atoms with van der Waals surface area (Å²) in [5, 5.41) is 0.474. The van der Waals surface area contributed by atoms with Crippen molar-refractivity contribution in [3.8, 4) is 0 Å². The Morgan fingerprint density at radius 2 is 1.81 bits per heavy atom. The van der Waals surface area contributed by atoms with E-state index in [1.165, 1.54) is 11.6 Å². The Kier molecular flexibility index (Phi) is 6.35. The first-order valence-corrected chi connectivity index (χ1v) is 10.8. The van der Waals surface area contributed by atoms with Gasteiger partial charge in [-0.3, -0.25) is 4.90 Å². The van der Waals surface area contributed by atoms with Crippen LogP contribution in [0.25, 0.3) is 0 Å². The van der Waals surface area contributed by atoms with Gasteiger partial charge in [0, 0.05) is 18.1 Å². The molecule has 2 aromatic rings. The van der Waals surface area contributed by atoms with E-state index in [-0.39, 0.29) is 4.90 Å². The van der Waals surface area contributed by atoms with Gasteiger partial charge in [-0.1, -0.05) is 48.0 Å². The second-order valence-electron chi connectivity index (χ2n) is 6.97. The van der Waals surface area contributed by atoms with Crippen LogP contribution in [0, 0.1) is 12.8 Å². The van der Waals surface area contributed by atoms with Gasteiger partial charge in [0.1, 0.15) is 0 Å². The SMILES string of the molecule is Cc1ccc(S(=O)(=O)NCC2CCN(Cc3ccccc3)CC2)cc1Cl. The minimum absolute atomic E-state index is 0.231. The number of likely N-dealkylation sites (tertiary alicyclic amines) is 1. The third-order valence-corrected chi connectivity index (χ3v) is 6.80. The standard InChI is InChI=1S/C20H25ClN2O2S/c1-16-7-8-19(13-20(16)21)26(24,25)22-14-17-9-11-23(12-10-17)15-18-5-3-2-4-6-18/h2-8,13,17,22H,9-12,14-15H2,1H3. The maximum absolute atomic E-state index is 12.5. The van der Waals surface area contributed by atoms with Crippen LogP contribution in [-0.2, 0) is 16.6 Å². The van der Waals surface area contributed by atoms with Crippen molar-refractivity contribution in [3.63, 3.8) is 0 Å². The van der Waals surface area contributed by atoms with Crippen LogP contribution in [-0.4, -0.2) is 33.0 Å². The molecule has 2 aromatic carbocycles. The highest BCUT2D eigenvalue weighted by Gasteiger charge is 2.22. The summed E-state index contributed by atoms with van der Waals surface area (Å²) in [7, 11) is -3.51. The van der Waals surface area contributed by atoms with Crippen molar-refractivity contribution in [3.05, 3.63) is 64.7 Å². The molecule has 0 atom stereocenters. The number of sulfonamides is 1. The quantitative estimate of drug-likeness (QED) is 0.812. The highest BCUT2D eigenvalue weighted by Crippen LogP contribution is 2.22. The number of nitrogens with one attached hydrogen (secondary N) is 1. The van der Waals surface area contributed by atoms with Crippen molar-refractivity contribution >= 4 is 21.6 Å². The summed E-state index contributed by atoms with van der Waals surface area (Å²) in [6, 6.07) is 15.3. The van der Waals surface area contributed by atoms with Gasteiger partial charge in [0.15, 0.2) is 0 Å². The number of nitrogens with zero attached hydrogens (tertiary/aromatic N) is 1. The van der Waals surface area contributed by atoms with E-state index >= 15 is 0 Å². The maximum atomic E-state index is 12.5. The molecular weight excluding hydrogens is 368 g/mol. The average Bonchev–Trinajstić information content (AvgIpc) is 2.64. The fraction of sp³-hybridized carbons (Fsp3) is 0.400. The fourth-order valence-corrected chi connectivity index (χ4v) is 4.63. The van der Waals surface area contributed by atoms with Crippen molar-refractivity contribution < 1.29 is 8.42 Å². The largest absolute Gasteiger partial charge is 0.299 e. The third-order valence-electron chi connectivity index (χ3n) is 4.97. The molecule has 4 nitrogen and oxygen atoms in total. The predicted molar refractivity (Wildman–Crippen MR) is 106 cm³/mol. The first-order valence-electron chi connectivity index (χ1n) is 8.96. The van der Waals surface area contributed by atoms with Crippen LogP contribution in [0.3, 0.4) is 0 Å². The van der Waals surface area contributed by atoms with Crippen molar-refractivity contribution in [2.24, 2.45) is 5.92 Å². The first-order chi connectivity index (χ1) is 12.4. The molecule has 26 heavy (non-hydrogen) atoms. The fourth-order valence-electron chi connectivity index (χ4n) is 3.24. The summed E-state index contributed by atoms with van der Waals surface area (Å²) in [4.78, 5) is 2.66. The zero-order valence-corrected chi connectivity index (χ0v) is 16.6. The molecule has 0 aliphatic carbocycles. The second kappa shape index (κ2) is 8.53. The van der Waals surface area contributed by atoms with Gasteiger partial charge in [-0.15, -0.1) is 0 Å². The normalized spacial score (nSPS) is 16.7. The molecule has 0 spiro atoms. The first kappa shape index (κ1) is 19.4. The topological polar surface area (TPSA) is 49.4 Å². The van der Waals surface area contributed by atoms with Gasteiger partial charge < -0.3 is 0 Å². The van der Waals surface area contributed by atoms with Crippen molar-refractivity contribution in [1.29, 1.82) is 0 Å². The summed E-state index contributed by atoms with van der Waals surface area (Å²) in [6.45, 7) is 5.29. The Bertz CT molecular complexity index is 832. The van der Waals surface area contributed by atoms with E-state index in [0.717, 1.165) is 38.0 Å². The Balaban J connectivity index is 1.49.